The van der Waals surface area contributed by atoms with Gasteiger partial charge in [-0.2, -0.15) is 0 Å². The standard InChI is InChI=1S/C13H17NO2/c15-13-5-4-10-11(13)2-1-3-12(10)14-6-8-16-9-7-14/h1-3,13,15H,4-9H2/t13-/m0/s1. The second-order valence-corrected chi connectivity index (χ2v) is 4.50. The number of morpholine rings is 1. The van der Waals surface area contributed by atoms with Gasteiger partial charge in [0.25, 0.3) is 0 Å². The molecule has 1 aliphatic heterocycles. The van der Waals surface area contributed by atoms with Gasteiger partial charge >= 0.3 is 0 Å². The van der Waals surface area contributed by atoms with E-state index in [4.69, 9.17) is 4.74 Å². The van der Waals surface area contributed by atoms with Crippen molar-refractivity contribution in [1.29, 1.82) is 0 Å². The molecule has 1 saturated heterocycles. The van der Waals surface area contributed by atoms with E-state index in [1.807, 2.05) is 0 Å². The number of aliphatic hydroxyl groups excluding tert-OH is 1. The summed E-state index contributed by atoms with van der Waals surface area (Å²) < 4.78 is 5.37. The molecule has 1 heterocycles. The fourth-order valence-electron chi connectivity index (χ4n) is 2.71. The van der Waals surface area contributed by atoms with Crippen molar-refractivity contribution in [2.24, 2.45) is 0 Å². The monoisotopic (exact) mass is 219 g/mol. The van der Waals surface area contributed by atoms with Crippen LogP contribution in [-0.4, -0.2) is 31.4 Å². The first-order valence-corrected chi connectivity index (χ1v) is 5.99. The summed E-state index contributed by atoms with van der Waals surface area (Å²) in [5, 5.41) is 9.86. The topological polar surface area (TPSA) is 32.7 Å². The zero-order valence-electron chi connectivity index (χ0n) is 9.35. The zero-order chi connectivity index (χ0) is 11.0. The molecule has 86 valence electrons. The number of benzene rings is 1. The van der Waals surface area contributed by atoms with Crippen molar-refractivity contribution in [2.75, 3.05) is 31.2 Å². The molecule has 0 unspecified atom stereocenters. The van der Waals surface area contributed by atoms with Crippen molar-refractivity contribution >= 4 is 5.69 Å². The van der Waals surface area contributed by atoms with Crippen LogP contribution in [0, 0.1) is 0 Å². The zero-order valence-corrected chi connectivity index (χ0v) is 9.35. The summed E-state index contributed by atoms with van der Waals surface area (Å²) in [6.07, 6.45) is 1.62. The quantitative estimate of drug-likeness (QED) is 0.777. The highest BCUT2D eigenvalue weighted by atomic mass is 16.5. The van der Waals surface area contributed by atoms with Crippen molar-refractivity contribution in [3.63, 3.8) is 0 Å². The molecule has 1 N–H and O–H groups in total. The Morgan fingerprint density at radius 1 is 1.25 bits per heavy atom. The SMILES string of the molecule is O[C@H]1CCc2c1cccc2N1CCOCC1. The van der Waals surface area contributed by atoms with Crippen molar-refractivity contribution < 1.29 is 9.84 Å². The number of hydrogen-bond donors (Lipinski definition) is 1. The first-order valence-electron chi connectivity index (χ1n) is 5.99. The van der Waals surface area contributed by atoms with E-state index in [-0.39, 0.29) is 6.10 Å². The smallest absolute Gasteiger partial charge is 0.0796 e. The third kappa shape index (κ3) is 1.60. The van der Waals surface area contributed by atoms with Crippen LogP contribution in [0.3, 0.4) is 0 Å². The van der Waals surface area contributed by atoms with E-state index >= 15 is 0 Å². The maximum Gasteiger partial charge on any atom is 0.0796 e. The Bertz CT molecular complexity index is 386. The van der Waals surface area contributed by atoms with Crippen LogP contribution in [0.2, 0.25) is 0 Å². The lowest BCUT2D eigenvalue weighted by atomic mass is 10.1. The molecule has 3 rings (SSSR count). The van der Waals surface area contributed by atoms with Crippen LogP contribution in [0.5, 0.6) is 0 Å². The molecular weight excluding hydrogens is 202 g/mol. The van der Waals surface area contributed by atoms with Gasteiger partial charge < -0.3 is 14.7 Å². The minimum atomic E-state index is -0.254. The number of aliphatic hydroxyl groups is 1. The van der Waals surface area contributed by atoms with E-state index in [0.29, 0.717) is 0 Å². The van der Waals surface area contributed by atoms with E-state index in [1.54, 1.807) is 0 Å². The van der Waals surface area contributed by atoms with Crippen LogP contribution in [0.4, 0.5) is 5.69 Å². The number of ether oxygens (including phenoxy) is 1. The largest absolute Gasteiger partial charge is 0.388 e. The number of nitrogens with zero attached hydrogens (tertiary/aromatic N) is 1. The number of rotatable bonds is 1. The molecule has 1 atom stereocenters. The van der Waals surface area contributed by atoms with Gasteiger partial charge in [-0.05, 0) is 30.0 Å². The fraction of sp³-hybridized carbons (Fsp3) is 0.538. The fourth-order valence-corrected chi connectivity index (χ4v) is 2.71. The lowest BCUT2D eigenvalue weighted by molar-refractivity contribution is 0.122. The highest BCUT2D eigenvalue weighted by Crippen LogP contribution is 2.37. The Kier molecular flexibility index (Phi) is 2.58. The number of fused-ring (bicyclic) bond motifs is 1. The lowest BCUT2D eigenvalue weighted by Gasteiger charge is -2.30. The molecule has 1 aromatic rings. The van der Waals surface area contributed by atoms with Crippen LogP contribution in [0.1, 0.15) is 23.7 Å². The summed E-state index contributed by atoms with van der Waals surface area (Å²) in [5.41, 5.74) is 3.78. The minimum Gasteiger partial charge on any atom is -0.388 e. The van der Waals surface area contributed by atoms with Crippen LogP contribution in [-0.2, 0) is 11.2 Å². The van der Waals surface area contributed by atoms with Crippen molar-refractivity contribution in [1.82, 2.24) is 0 Å². The highest BCUT2D eigenvalue weighted by molar-refractivity contribution is 5.59. The molecule has 1 aromatic carbocycles. The first kappa shape index (κ1) is 10.1. The third-order valence-corrected chi connectivity index (χ3v) is 3.57. The summed E-state index contributed by atoms with van der Waals surface area (Å²) >= 11 is 0. The van der Waals surface area contributed by atoms with Crippen LogP contribution < -0.4 is 4.90 Å². The summed E-state index contributed by atoms with van der Waals surface area (Å²) in [5.74, 6) is 0. The van der Waals surface area contributed by atoms with Gasteiger partial charge in [0, 0.05) is 18.8 Å². The van der Waals surface area contributed by atoms with Gasteiger partial charge in [-0.25, -0.2) is 0 Å². The second-order valence-electron chi connectivity index (χ2n) is 4.50. The van der Waals surface area contributed by atoms with Gasteiger partial charge in [-0.15, -0.1) is 0 Å². The van der Waals surface area contributed by atoms with Crippen molar-refractivity contribution in [2.45, 2.75) is 18.9 Å². The van der Waals surface area contributed by atoms with Gasteiger partial charge in [0.05, 0.1) is 19.3 Å². The Balaban J connectivity index is 1.95. The average Bonchev–Trinajstić information content (AvgIpc) is 2.73. The normalized spacial score (nSPS) is 24.6. The maximum absolute atomic E-state index is 9.86. The molecule has 0 amide bonds. The Morgan fingerprint density at radius 3 is 2.88 bits per heavy atom. The molecule has 0 radical (unpaired) electrons. The number of anilines is 1. The summed E-state index contributed by atoms with van der Waals surface area (Å²) in [4.78, 5) is 2.38. The second kappa shape index (κ2) is 4.07. The summed E-state index contributed by atoms with van der Waals surface area (Å²) in [7, 11) is 0. The molecule has 0 saturated carbocycles. The molecule has 0 bridgehead atoms. The lowest BCUT2D eigenvalue weighted by Crippen LogP contribution is -2.36. The first-order chi connectivity index (χ1) is 7.86. The van der Waals surface area contributed by atoms with Crippen molar-refractivity contribution in [3.05, 3.63) is 29.3 Å². The van der Waals surface area contributed by atoms with Crippen LogP contribution >= 0.6 is 0 Å². The minimum absolute atomic E-state index is 0.254. The van der Waals surface area contributed by atoms with E-state index < -0.39 is 0 Å². The van der Waals surface area contributed by atoms with E-state index in [9.17, 15) is 5.11 Å². The molecule has 16 heavy (non-hydrogen) atoms. The molecule has 1 aliphatic carbocycles. The van der Waals surface area contributed by atoms with Crippen LogP contribution in [0.25, 0.3) is 0 Å². The van der Waals surface area contributed by atoms with Gasteiger partial charge in [0.15, 0.2) is 0 Å². The predicted molar refractivity (Wildman–Crippen MR) is 62.8 cm³/mol. The maximum atomic E-state index is 9.86. The van der Waals surface area contributed by atoms with Crippen LogP contribution in [0.15, 0.2) is 18.2 Å². The van der Waals surface area contributed by atoms with Crippen molar-refractivity contribution in [3.8, 4) is 0 Å². The third-order valence-electron chi connectivity index (χ3n) is 3.57. The predicted octanol–water partition coefficient (Wildman–Crippen LogP) is 1.50. The molecule has 1 fully saturated rings. The summed E-state index contributed by atoms with van der Waals surface area (Å²) in [6.45, 7) is 3.55. The Hall–Kier alpha value is -1.06. The number of hydrogen-bond acceptors (Lipinski definition) is 3. The molecule has 0 aromatic heterocycles. The molecular formula is C13H17NO2. The Labute approximate surface area is 95.6 Å². The molecule has 0 spiro atoms. The van der Waals surface area contributed by atoms with Gasteiger partial charge in [0.2, 0.25) is 0 Å². The average molecular weight is 219 g/mol. The van der Waals surface area contributed by atoms with Gasteiger partial charge in [-0.3, -0.25) is 0 Å². The Morgan fingerprint density at radius 2 is 2.06 bits per heavy atom. The van der Waals surface area contributed by atoms with Gasteiger partial charge in [-0.1, -0.05) is 12.1 Å². The summed E-state index contributed by atoms with van der Waals surface area (Å²) in [6, 6.07) is 6.28. The molecule has 3 heteroatoms. The van der Waals surface area contributed by atoms with Gasteiger partial charge in [0.1, 0.15) is 0 Å². The van der Waals surface area contributed by atoms with E-state index in [1.165, 1.54) is 11.3 Å². The van der Waals surface area contributed by atoms with E-state index in [0.717, 1.165) is 44.7 Å². The molecule has 3 nitrogen and oxygen atoms in total. The highest BCUT2D eigenvalue weighted by Gasteiger charge is 2.25. The molecule has 2 aliphatic rings. The van der Waals surface area contributed by atoms with E-state index in [2.05, 4.69) is 23.1 Å².